The summed E-state index contributed by atoms with van der Waals surface area (Å²) in [5.41, 5.74) is 0.984. The van der Waals surface area contributed by atoms with E-state index in [4.69, 9.17) is 14.2 Å². The van der Waals surface area contributed by atoms with E-state index >= 15 is 0 Å². The molecule has 2 unspecified atom stereocenters. The van der Waals surface area contributed by atoms with Gasteiger partial charge in [-0.1, -0.05) is 13.0 Å². The number of benzene rings is 1. The van der Waals surface area contributed by atoms with Crippen molar-refractivity contribution < 1.29 is 19.0 Å². The van der Waals surface area contributed by atoms with Gasteiger partial charge in [0.1, 0.15) is 6.61 Å². The van der Waals surface area contributed by atoms with E-state index in [0.29, 0.717) is 30.6 Å². The van der Waals surface area contributed by atoms with Gasteiger partial charge in [-0.15, -0.1) is 12.4 Å². The number of hydrogen-bond acceptors (Lipinski definition) is 5. The Bertz CT molecular complexity index is 552. The molecule has 1 heterocycles. The van der Waals surface area contributed by atoms with Crippen LogP contribution >= 0.6 is 12.4 Å². The minimum atomic E-state index is -0.0880. The molecule has 0 saturated carbocycles. The molecule has 1 saturated heterocycles. The molecule has 2 atom stereocenters. The summed E-state index contributed by atoms with van der Waals surface area (Å²) in [7, 11) is 3.24. The second-order valence-electron chi connectivity index (χ2n) is 6.19. The molecular formula is C18H29ClN2O4. The maximum absolute atomic E-state index is 12.3. The molecule has 6 nitrogen and oxygen atoms in total. The Morgan fingerprint density at radius 1 is 1.24 bits per heavy atom. The molecule has 0 spiro atoms. The first kappa shape index (κ1) is 21.5. The highest BCUT2D eigenvalue weighted by atomic mass is 35.5. The molecular weight excluding hydrogens is 344 g/mol. The molecule has 1 amide bonds. The van der Waals surface area contributed by atoms with Crippen molar-refractivity contribution in [3.63, 3.8) is 0 Å². The van der Waals surface area contributed by atoms with Crippen molar-refractivity contribution in [3.8, 4) is 11.5 Å². The van der Waals surface area contributed by atoms with Crippen molar-refractivity contribution >= 4 is 18.3 Å². The van der Waals surface area contributed by atoms with Gasteiger partial charge in [-0.05, 0) is 43.6 Å². The van der Waals surface area contributed by atoms with Crippen LogP contribution in [0.15, 0.2) is 18.2 Å². The summed E-state index contributed by atoms with van der Waals surface area (Å²) in [6.45, 7) is 6.79. The Morgan fingerprint density at radius 2 is 1.96 bits per heavy atom. The lowest BCUT2D eigenvalue weighted by atomic mass is 9.88. The molecule has 0 aliphatic carbocycles. The standard InChI is InChI=1S/C18H28N2O4.ClH/c1-12(15-10-19-11-15)18(21)20-13(2)14-5-6-16(17(9-14)23-4)24-8-7-22-3;/h5-6,9,12-13,15,19H,7-8,10-11H2,1-4H3,(H,20,21);1H. The van der Waals surface area contributed by atoms with Gasteiger partial charge in [0.15, 0.2) is 11.5 Å². The lowest BCUT2D eigenvalue weighted by molar-refractivity contribution is -0.127. The number of halogens is 1. The van der Waals surface area contributed by atoms with E-state index in [-0.39, 0.29) is 30.3 Å². The summed E-state index contributed by atoms with van der Waals surface area (Å²) in [6.07, 6.45) is 0. The highest BCUT2D eigenvalue weighted by Gasteiger charge is 2.29. The van der Waals surface area contributed by atoms with Gasteiger partial charge >= 0.3 is 0 Å². The highest BCUT2D eigenvalue weighted by molar-refractivity contribution is 5.85. The minimum Gasteiger partial charge on any atom is -0.493 e. The Balaban J connectivity index is 0.00000312. The van der Waals surface area contributed by atoms with Gasteiger partial charge < -0.3 is 24.8 Å². The molecule has 1 aliphatic rings. The zero-order valence-corrected chi connectivity index (χ0v) is 16.2. The molecule has 1 aliphatic heterocycles. The van der Waals surface area contributed by atoms with Crippen molar-refractivity contribution in [3.05, 3.63) is 23.8 Å². The summed E-state index contributed by atoms with van der Waals surface area (Å²) in [5, 5.41) is 6.29. The second-order valence-corrected chi connectivity index (χ2v) is 6.19. The van der Waals surface area contributed by atoms with Crippen LogP contribution in [-0.4, -0.2) is 46.4 Å². The first-order valence-corrected chi connectivity index (χ1v) is 8.37. The van der Waals surface area contributed by atoms with E-state index < -0.39 is 0 Å². The third-order valence-electron chi connectivity index (χ3n) is 4.53. The number of methoxy groups -OCH3 is 2. The molecule has 1 aromatic rings. The Hall–Kier alpha value is -1.50. The fourth-order valence-corrected chi connectivity index (χ4v) is 2.61. The van der Waals surface area contributed by atoms with Gasteiger partial charge in [0.2, 0.25) is 5.91 Å². The molecule has 0 aromatic heterocycles. The van der Waals surface area contributed by atoms with E-state index in [9.17, 15) is 4.79 Å². The van der Waals surface area contributed by atoms with Gasteiger partial charge in [-0.3, -0.25) is 4.79 Å². The first-order valence-electron chi connectivity index (χ1n) is 8.37. The maximum Gasteiger partial charge on any atom is 0.223 e. The molecule has 142 valence electrons. The fourth-order valence-electron chi connectivity index (χ4n) is 2.61. The van der Waals surface area contributed by atoms with Crippen LogP contribution in [0.5, 0.6) is 11.5 Å². The van der Waals surface area contributed by atoms with E-state index in [2.05, 4.69) is 10.6 Å². The molecule has 25 heavy (non-hydrogen) atoms. The van der Waals surface area contributed by atoms with Gasteiger partial charge in [0, 0.05) is 13.0 Å². The molecule has 7 heteroatoms. The number of carbonyl (C=O) groups is 1. The van der Waals surface area contributed by atoms with E-state index in [1.807, 2.05) is 32.0 Å². The predicted octanol–water partition coefficient (Wildman–Crippen LogP) is 2.17. The largest absolute Gasteiger partial charge is 0.493 e. The lowest BCUT2D eigenvalue weighted by Gasteiger charge is -2.32. The summed E-state index contributed by atoms with van der Waals surface area (Å²) in [4.78, 5) is 12.3. The van der Waals surface area contributed by atoms with Crippen LogP contribution in [0.3, 0.4) is 0 Å². The topological polar surface area (TPSA) is 68.8 Å². The SMILES string of the molecule is COCCOc1ccc(C(C)NC(=O)C(C)C2CNC2)cc1OC.Cl. The number of ether oxygens (including phenoxy) is 3. The van der Waals surface area contributed by atoms with Gasteiger partial charge in [0.25, 0.3) is 0 Å². The van der Waals surface area contributed by atoms with Crippen LogP contribution in [0.1, 0.15) is 25.5 Å². The molecule has 0 radical (unpaired) electrons. The van der Waals surface area contributed by atoms with Crippen molar-refractivity contribution in [2.24, 2.45) is 11.8 Å². The van der Waals surface area contributed by atoms with Gasteiger partial charge in [-0.25, -0.2) is 0 Å². The lowest BCUT2D eigenvalue weighted by Crippen LogP contribution is -2.49. The van der Waals surface area contributed by atoms with Crippen LogP contribution in [0.2, 0.25) is 0 Å². The third-order valence-corrected chi connectivity index (χ3v) is 4.53. The number of amides is 1. The maximum atomic E-state index is 12.3. The van der Waals surface area contributed by atoms with Crippen LogP contribution in [0, 0.1) is 11.8 Å². The van der Waals surface area contributed by atoms with E-state index in [1.54, 1.807) is 14.2 Å². The highest BCUT2D eigenvalue weighted by Crippen LogP contribution is 2.30. The zero-order chi connectivity index (χ0) is 17.5. The van der Waals surface area contributed by atoms with Gasteiger partial charge in [0.05, 0.1) is 19.8 Å². The Labute approximate surface area is 156 Å². The second kappa shape index (κ2) is 10.5. The Kier molecular flexibility index (Phi) is 9.03. The van der Waals surface area contributed by atoms with Crippen LogP contribution < -0.4 is 20.1 Å². The van der Waals surface area contributed by atoms with Crippen molar-refractivity contribution in [1.82, 2.24) is 10.6 Å². The molecule has 1 fully saturated rings. The zero-order valence-electron chi connectivity index (χ0n) is 15.3. The number of carbonyl (C=O) groups excluding carboxylic acids is 1. The summed E-state index contributed by atoms with van der Waals surface area (Å²) in [5.74, 6) is 1.87. The average molecular weight is 373 g/mol. The predicted molar refractivity (Wildman–Crippen MR) is 99.7 cm³/mol. The number of rotatable bonds is 9. The van der Waals surface area contributed by atoms with Crippen molar-refractivity contribution in [2.75, 3.05) is 40.5 Å². The van der Waals surface area contributed by atoms with E-state index in [0.717, 1.165) is 18.7 Å². The smallest absolute Gasteiger partial charge is 0.223 e. The monoisotopic (exact) mass is 372 g/mol. The van der Waals surface area contributed by atoms with Crippen molar-refractivity contribution in [1.29, 1.82) is 0 Å². The summed E-state index contributed by atoms with van der Waals surface area (Å²) in [6, 6.07) is 5.63. The molecule has 0 bridgehead atoms. The molecule has 1 aromatic carbocycles. The molecule has 2 N–H and O–H groups in total. The van der Waals surface area contributed by atoms with Crippen LogP contribution in [0.4, 0.5) is 0 Å². The number of nitrogens with one attached hydrogen (secondary N) is 2. The van der Waals surface area contributed by atoms with Crippen molar-refractivity contribution in [2.45, 2.75) is 19.9 Å². The van der Waals surface area contributed by atoms with E-state index in [1.165, 1.54) is 0 Å². The van der Waals surface area contributed by atoms with Gasteiger partial charge in [-0.2, -0.15) is 0 Å². The normalized spacial score (nSPS) is 16.2. The first-order chi connectivity index (χ1) is 11.6. The summed E-state index contributed by atoms with van der Waals surface area (Å²) < 4.78 is 16.0. The quantitative estimate of drug-likeness (QED) is 0.650. The number of hydrogen-bond donors (Lipinski definition) is 2. The molecule has 2 rings (SSSR count). The van der Waals surface area contributed by atoms with Crippen LogP contribution in [-0.2, 0) is 9.53 Å². The fraction of sp³-hybridized carbons (Fsp3) is 0.611. The average Bonchev–Trinajstić information content (AvgIpc) is 2.53. The summed E-state index contributed by atoms with van der Waals surface area (Å²) >= 11 is 0. The van der Waals surface area contributed by atoms with Crippen LogP contribution in [0.25, 0.3) is 0 Å². The Morgan fingerprint density at radius 3 is 2.52 bits per heavy atom. The minimum absolute atomic E-state index is 0. The third kappa shape index (κ3) is 5.76.